The molecular weight excluding hydrogens is 456 g/mol. The first-order valence-corrected chi connectivity index (χ1v) is 12.7. The van der Waals surface area contributed by atoms with Gasteiger partial charge in [-0.25, -0.2) is 0 Å². The molecule has 182 valence electrons. The minimum Gasteiger partial charge on any atom is -0.382 e. The van der Waals surface area contributed by atoms with Gasteiger partial charge in [-0.1, -0.05) is 103 Å². The Balaban J connectivity index is 1.32. The van der Waals surface area contributed by atoms with Gasteiger partial charge in [0.2, 0.25) is 0 Å². The lowest BCUT2D eigenvalue weighted by Gasteiger charge is -2.22. The fourth-order valence-electron chi connectivity index (χ4n) is 5.14. The lowest BCUT2D eigenvalue weighted by molar-refractivity contribution is 0.246. The molecule has 4 heteroatoms. The van der Waals surface area contributed by atoms with Crippen LogP contribution in [-0.4, -0.2) is 34.2 Å². The van der Waals surface area contributed by atoms with Crippen LogP contribution in [0.25, 0.3) is 22.9 Å². The molecule has 0 spiro atoms. The highest BCUT2D eigenvalue weighted by molar-refractivity contribution is 6.05. The maximum atomic E-state index is 11.1. The quantitative estimate of drug-likeness (QED) is 0.357. The van der Waals surface area contributed by atoms with E-state index in [1.807, 2.05) is 85.0 Å². The number of hydrogen-bond donors (Lipinski definition) is 2. The summed E-state index contributed by atoms with van der Waals surface area (Å²) in [5, 5.41) is 24.4. The molecule has 0 aromatic heterocycles. The van der Waals surface area contributed by atoms with Crippen molar-refractivity contribution < 1.29 is 10.2 Å². The smallest absolute Gasteiger partial charge is 0.121 e. The average molecular weight is 485 g/mol. The molecule has 2 aliphatic rings. The van der Waals surface area contributed by atoms with E-state index < -0.39 is 12.2 Å². The second-order valence-electron chi connectivity index (χ2n) is 9.59. The van der Waals surface area contributed by atoms with E-state index in [2.05, 4.69) is 30.3 Å². The van der Waals surface area contributed by atoms with Crippen molar-refractivity contribution in [2.75, 3.05) is 6.54 Å². The van der Waals surface area contributed by atoms with Gasteiger partial charge in [-0.2, -0.15) is 0 Å². The van der Waals surface area contributed by atoms with E-state index in [4.69, 9.17) is 9.98 Å². The molecule has 0 amide bonds. The van der Waals surface area contributed by atoms with Crippen LogP contribution >= 0.6 is 0 Å². The van der Waals surface area contributed by atoms with Crippen LogP contribution in [0.3, 0.4) is 0 Å². The Morgan fingerprint density at radius 1 is 0.622 bits per heavy atom. The van der Waals surface area contributed by atoms with Crippen molar-refractivity contribution in [1.82, 2.24) is 0 Å². The van der Waals surface area contributed by atoms with Crippen LogP contribution in [0.1, 0.15) is 40.0 Å². The topological polar surface area (TPSA) is 65.2 Å². The van der Waals surface area contributed by atoms with Crippen LogP contribution < -0.4 is 0 Å². The van der Waals surface area contributed by atoms with Gasteiger partial charge < -0.3 is 10.2 Å². The van der Waals surface area contributed by atoms with Gasteiger partial charge >= 0.3 is 0 Å². The van der Waals surface area contributed by atoms with Gasteiger partial charge in [0.25, 0.3) is 0 Å². The van der Waals surface area contributed by atoms with Gasteiger partial charge in [-0.05, 0) is 57.2 Å². The Bertz CT molecular complexity index is 1580. The highest BCUT2D eigenvalue weighted by atomic mass is 16.3. The number of fused-ring (bicyclic) bond motifs is 3. The number of aliphatic hydroxyl groups is 2. The standard InChI is InChI=1S/C33H28N2O2/c36-32-28-11-5-3-8-24(28)15-17-30(32)34-21-27(20-22-13-14-23-7-1-2-10-26(23)19-22)35-31-18-16-25-9-4-6-12-29(25)33(31)37/h1-19,27,32-33,36-37H,20-21H2/t27-,32?,33?/m0/s1. The minimum absolute atomic E-state index is 0.203. The number of hydrogen-bond acceptors (Lipinski definition) is 4. The summed E-state index contributed by atoms with van der Waals surface area (Å²) in [5.41, 5.74) is 6.17. The zero-order valence-corrected chi connectivity index (χ0v) is 20.4. The molecule has 4 aromatic rings. The first kappa shape index (κ1) is 23.3. The largest absolute Gasteiger partial charge is 0.382 e. The molecule has 2 N–H and O–H groups in total. The number of rotatable bonds is 5. The molecule has 0 saturated carbocycles. The monoisotopic (exact) mass is 484 g/mol. The Morgan fingerprint density at radius 3 is 1.95 bits per heavy atom. The lowest BCUT2D eigenvalue weighted by Crippen LogP contribution is -2.22. The summed E-state index contributed by atoms with van der Waals surface area (Å²) in [7, 11) is 0. The first-order valence-electron chi connectivity index (χ1n) is 12.7. The third-order valence-electron chi connectivity index (χ3n) is 7.11. The lowest BCUT2D eigenvalue weighted by atomic mass is 9.93. The summed E-state index contributed by atoms with van der Waals surface area (Å²) < 4.78 is 0. The van der Waals surface area contributed by atoms with Crippen molar-refractivity contribution in [3.8, 4) is 0 Å². The number of aliphatic hydroxyl groups excluding tert-OH is 2. The number of nitrogens with zero attached hydrogens (tertiary/aromatic N) is 2. The van der Waals surface area contributed by atoms with E-state index in [9.17, 15) is 10.2 Å². The highest BCUT2D eigenvalue weighted by Crippen LogP contribution is 2.28. The molecule has 0 saturated heterocycles. The Kier molecular flexibility index (Phi) is 6.35. The number of benzene rings is 4. The predicted molar refractivity (Wildman–Crippen MR) is 152 cm³/mol. The van der Waals surface area contributed by atoms with E-state index in [1.54, 1.807) is 0 Å². The molecule has 2 aliphatic carbocycles. The van der Waals surface area contributed by atoms with Crippen molar-refractivity contribution in [2.24, 2.45) is 9.98 Å². The van der Waals surface area contributed by atoms with Gasteiger partial charge in [-0.3, -0.25) is 9.98 Å². The molecule has 0 bridgehead atoms. The Labute approximate surface area is 216 Å². The summed E-state index contributed by atoms with van der Waals surface area (Å²) in [5.74, 6) is 0. The van der Waals surface area contributed by atoms with E-state index in [0.29, 0.717) is 24.4 Å². The molecule has 0 fully saturated rings. The molecule has 4 aromatic carbocycles. The Hall–Kier alpha value is -4.12. The SMILES string of the molecule is OC1C(=NC[C@H](Cc2ccc3ccccc3c2)N=C2C=Cc3ccccc3C2O)C=Cc2ccccc21. The molecule has 6 rings (SSSR count). The fourth-order valence-corrected chi connectivity index (χ4v) is 5.14. The normalized spacial score (nSPS) is 21.2. The molecule has 0 aliphatic heterocycles. The van der Waals surface area contributed by atoms with Crippen LogP contribution in [0.5, 0.6) is 0 Å². The van der Waals surface area contributed by atoms with Crippen LogP contribution in [0, 0.1) is 0 Å². The summed E-state index contributed by atoms with van der Waals surface area (Å²) in [6.45, 7) is 0.400. The van der Waals surface area contributed by atoms with E-state index >= 15 is 0 Å². The molecule has 2 unspecified atom stereocenters. The van der Waals surface area contributed by atoms with Gasteiger partial charge in [0.15, 0.2) is 0 Å². The van der Waals surface area contributed by atoms with Crippen LogP contribution in [-0.2, 0) is 6.42 Å². The van der Waals surface area contributed by atoms with Gasteiger partial charge in [-0.15, -0.1) is 0 Å². The van der Waals surface area contributed by atoms with Crippen LogP contribution in [0.4, 0.5) is 0 Å². The molecule has 0 heterocycles. The van der Waals surface area contributed by atoms with Gasteiger partial charge in [0, 0.05) is 0 Å². The predicted octanol–water partition coefficient (Wildman–Crippen LogP) is 6.15. The molecule has 37 heavy (non-hydrogen) atoms. The minimum atomic E-state index is -0.778. The summed E-state index contributed by atoms with van der Waals surface area (Å²) in [4.78, 5) is 9.84. The third-order valence-corrected chi connectivity index (χ3v) is 7.11. The zero-order chi connectivity index (χ0) is 25.2. The molecular formula is C33H28N2O2. The maximum absolute atomic E-state index is 11.1. The van der Waals surface area contributed by atoms with Crippen molar-refractivity contribution in [1.29, 1.82) is 0 Å². The Morgan fingerprint density at radius 2 is 1.22 bits per heavy atom. The summed E-state index contributed by atoms with van der Waals surface area (Å²) in [6.07, 6.45) is 6.92. The zero-order valence-electron chi connectivity index (χ0n) is 20.4. The molecule has 4 nitrogen and oxygen atoms in total. The van der Waals surface area contributed by atoms with Gasteiger partial charge in [0.1, 0.15) is 12.2 Å². The van der Waals surface area contributed by atoms with E-state index in [0.717, 1.165) is 27.8 Å². The summed E-state index contributed by atoms with van der Waals surface area (Å²) in [6, 6.07) is 30.3. The van der Waals surface area contributed by atoms with Crippen molar-refractivity contribution in [2.45, 2.75) is 24.7 Å². The average Bonchev–Trinajstić information content (AvgIpc) is 2.94. The number of aliphatic imine (C=N–C) groups is 2. The van der Waals surface area contributed by atoms with Gasteiger partial charge in [0.05, 0.1) is 24.0 Å². The third kappa shape index (κ3) is 4.82. The second kappa shape index (κ2) is 10.1. The first-order chi connectivity index (χ1) is 18.2. The van der Waals surface area contributed by atoms with Crippen molar-refractivity contribution in [3.63, 3.8) is 0 Å². The highest BCUT2D eigenvalue weighted by Gasteiger charge is 2.23. The molecule has 3 atom stereocenters. The van der Waals surface area contributed by atoms with E-state index in [-0.39, 0.29) is 6.04 Å². The molecule has 0 radical (unpaired) electrons. The van der Waals surface area contributed by atoms with Crippen molar-refractivity contribution >= 4 is 34.3 Å². The fraction of sp³-hybridized carbons (Fsp3) is 0.152. The van der Waals surface area contributed by atoms with Crippen LogP contribution in [0.15, 0.2) is 113 Å². The summed E-state index contributed by atoms with van der Waals surface area (Å²) >= 11 is 0. The maximum Gasteiger partial charge on any atom is 0.121 e. The second-order valence-corrected chi connectivity index (χ2v) is 9.59. The van der Waals surface area contributed by atoms with E-state index in [1.165, 1.54) is 10.8 Å². The van der Waals surface area contributed by atoms with Crippen molar-refractivity contribution in [3.05, 3.63) is 131 Å². The van der Waals surface area contributed by atoms with Crippen LogP contribution in [0.2, 0.25) is 0 Å².